The van der Waals surface area contributed by atoms with Gasteiger partial charge in [-0.2, -0.15) is 0 Å². The van der Waals surface area contributed by atoms with E-state index in [1.54, 1.807) is 18.5 Å². The van der Waals surface area contributed by atoms with Crippen molar-refractivity contribution in [3.05, 3.63) is 18.5 Å². The van der Waals surface area contributed by atoms with Gasteiger partial charge in [0, 0.05) is 25.2 Å². The van der Waals surface area contributed by atoms with Crippen molar-refractivity contribution in [3.63, 3.8) is 0 Å². The van der Waals surface area contributed by atoms with Gasteiger partial charge < -0.3 is 16.4 Å². The van der Waals surface area contributed by atoms with Gasteiger partial charge in [0.2, 0.25) is 5.91 Å². The minimum Gasteiger partial charge on any atom is -0.396 e. The largest absolute Gasteiger partial charge is 0.396 e. The molecule has 1 aromatic rings. The summed E-state index contributed by atoms with van der Waals surface area (Å²) in [5, 5.41) is 5.91. The van der Waals surface area contributed by atoms with Gasteiger partial charge in [-0.3, -0.25) is 9.78 Å². The maximum Gasteiger partial charge on any atom is 0.221 e. The number of carbonyl (C=O) groups excluding carboxylic acids is 1. The van der Waals surface area contributed by atoms with E-state index in [1.807, 2.05) is 13.8 Å². The lowest BCUT2D eigenvalue weighted by Crippen LogP contribution is -2.31. The van der Waals surface area contributed by atoms with Crippen LogP contribution >= 0.6 is 0 Å². The molecule has 0 atom stereocenters. The Morgan fingerprint density at radius 2 is 2.31 bits per heavy atom. The van der Waals surface area contributed by atoms with Crippen LogP contribution in [0.15, 0.2) is 18.5 Å². The summed E-state index contributed by atoms with van der Waals surface area (Å²) in [5.41, 5.74) is 7.09. The molecule has 0 aliphatic heterocycles. The summed E-state index contributed by atoms with van der Waals surface area (Å²) >= 11 is 0. The van der Waals surface area contributed by atoms with E-state index in [-0.39, 0.29) is 11.9 Å². The number of aromatic nitrogens is 1. The van der Waals surface area contributed by atoms with E-state index in [4.69, 9.17) is 5.73 Å². The molecule has 0 unspecified atom stereocenters. The van der Waals surface area contributed by atoms with Crippen molar-refractivity contribution < 1.29 is 4.79 Å². The molecule has 16 heavy (non-hydrogen) atoms. The normalized spacial score (nSPS) is 10.2. The monoisotopic (exact) mass is 222 g/mol. The van der Waals surface area contributed by atoms with Gasteiger partial charge in [-0.25, -0.2) is 0 Å². The Bertz CT molecular complexity index is 352. The molecule has 0 saturated heterocycles. The third-order valence-electron chi connectivity index (χ3n) is 1.97. The number of hydrogen-bond donors (Lipinski definition) is 3. The smallest absolute Gasteiger partial charge is 0.221 e. The fraction of sp³-hybridized carbons (Fsp3) is 0.455. The lowest BCUT2D eigenvalue weighted by Gasteiger charge is -2.10. The third-order valence-corrected chi connectivity index (χ3v) is 1.97. The summed E-state index contributed by atoms with van der Waals surface area (Å²) in [6.45, 7) is 4.44. The first-order valence-corrected chi connectivity index (χ1v) is 5.32. The van der Waals surface area contributed by atoms with Crippen molar-refractivity contribution in [3.8, 4) is 0 Å². The fourth-order valence-corrected chi connectivity index (χ4v) is 1.27. The molecule has 5 heteroatoms. The van der Waals surface area contributed by atoms with Crippen LogP contribution < -0.4 is 16.4 Å². The first-order chi connectivity index (χ1) is 7.59. The molecule has 88 valence electrons. The Kier molecular flexibility index (Phi) is 4.57. The molecule has 1 heterocycles. The second-order valence-electron chi connectivity index (χ2n) is 3.86. The summed E-state index contributed by atoms with van der Waals surface area (Å²) in [4.78, 5) is 15.2. The van der Waals surface area contributed by atoms with Crippen LogP contribution in [0.3, 0.4) is 0 Å². The first kappa shape index (κ1) is 12.3. The summed E-state index contributed by atoms with van der Waals surface area (Å²) in [6, 6.07) is 1.97. The summed E-state index contributed by atoms with van der Waals surface area (Å²) in [5.74, 6) is 0.0372. The number of nitrogens with two attached hydrogens (primary N) is 1. The first-order valence-electron chi connectivity index (χ1n) is 5.32. The number of carbonyl (C=O) groups is 1. The van der Waals surface area contributed by atoms with Crippen molar-refractivity contribution in [2.45, 2.75) is 26.3 Å². The Balaban J connectivity index is 2.31. The minimum absolute atomic E-state index is 0.0372. The van der Waals surface area contributed by atoms with Crippen LogP contribution in [-0.4, -0.2) is 23.5 Å². The van der Waals surface area contributed by atoms with Gasteiger partial charge in [0.15, 0.2) is 0 Å². The van der Waals surface area contributed by atoms with E-state index in [0.29, 0.717) is 18.7 Å². The zero-order valence-electron chi connectivity index (χ0n) is 9.66. The van der Waals surface area contributed by atoms with Crippen molar-refractivity contribution in [1.29, 1.82) is 0 Å². The van der Waals surface area contributed by atoms with Crippen LogP contribution in [0.5, 0.6) is 0 Å². The number of anilines is 2. The van der Waals surface area contributed by atoms with Crippen LogP contribution in [0.25, 0.3) is 0 Å². The zero-order chi connectivity index (χ0) is 12.0. The van der Waals surface area contributed by atoms with Crippen molar-refractivity contribution >= 4 is 17.3 Å². The molecule has 0 aliphatic rings. The fourth-order valence-electron chi connectivity index (χ4n) is 1.27. The summed E-state index contributed by atoms with van der Waals surface area (Å²) in [6.07, 6.45) is 3.67. The van der Waals surface area contributed by atoms with Gasteiger partial charge in [0.25, 0.3) is 0 Å². The molecule has 1 rings (SSSR count). The van der Waals surface area contributed by atoms with E-state index in [1.165, 1.54) is 0 Å². The minimum atomic E-state index is 0.0372. The number of rotatable bonds is 5. The van der Waals surface area contributed by atoms with Crippen LogP contribution in [0, 0.1) is 0 Å². The van der Waals surface area contributed by atoms with E-state index in [0.717, 1.165) is 5.69 Å². The summed E-state index contributed by atoms with van der Waals surface area (Å²) in [7, 11) is 0. The second-order valence-corrected chi connectivity index (χ2v) is 3.86. The van der Waals surface area contributed by atoms with E-state index in [2.05, 4.69) is 15.6 Å². The van der Waals surface area contributed by atoms with E-state index < -0.39 is 0 Å². The molecule has 0 radical (unpaired) electrons. The van der Waals surface area contributed by atoms with Crippen molar-refractivity contribution in [1.82, 2.24) is 10.3 Å². The lowest BCUT2D eigenvalue weighted by molar-refractivity contribution is -0.121. The second kappa shape index (κ2) is 5.95. The predicted octanol–water partition coefficient (Wildman–Crippen LogP) is 0.990. The molecule has 0 fully saturated rings. The van der Waals surface area contributed by atoms with Gasteiger partial charge in [0.05, 0.1) is 17.6 Å². The zero-order valence-corrected chi connectivity index (χ0v) is 9.66. The molecular formula is C11H18N4O. The Morgan fingerprint density at radius 3 is 2.94 bits per heavy atom. The molecule has 0 spiro atoms. The average molecular weight is 222 g/mol. The van der Waals surface area contributed by atoms with Gasteiger partial charge >= 0.3 is 0 Å². The van der Waals surface area contributed by atoms with E-state index >= 15 is 0 Å². The van der Waals surface area contributed by atoms with Crippen LogP contribution in [0.1, 0.15) is 20.3 Å². The van der Waals surface area contributed by atoms with Crippen LogP contribution in [-0.2, 0) is 4.79 Å². The number of amides is 1. The standard InChI is InChI=1S/C11H18N4O/c1-8(2)15-11(16)4-6-14-10-3-5-13-7-9(10)12/h3,5,7-8H,4,6,12H2,1-2H3,(H,13,14)(H,15,16). The highest BCUT2D eigenvalue weighted by Crippen LogP contribution is 2.14. The number of nitrogens with one attached hydrogen (secondary N) is 2. The number of pyridine rings is 1. The Hall–Kier alpha value is -1.78. The highest BCUT2D eigenvalue weighted by atomic mass is 16.1. The highest BCUT2D eigenvalue weighted by molar-refractivity contribution is 5.77. The highest BCUT2D eigenvalue weighted by Gasteiger charge is 2.03. The molecule has 0 aliphatic carbocycles. The number of nitrogens with zero attached hydrogens (tertiary/aromatic N) is 1. The third kappa shape index (κ3) is 4.16. The van der Waals surface area contributed by atoms with Crippen LogP contribution in [0.4, 0.5) is 11.4 Å². The molecular weight excluding hydrogens is 204 g/mol. The van der Waals surface area contributed by atoms with Crippen molar-refractivity contribution in [2.75, 3.05) is 17.6 Å². The van der Waals surface area contributed by atoms with Gasteiger partial charge in [-0.15, -0.1) is 0 Å². The molecule has 1 aromatic heterocycles. The van der Waals surface area contributed by atoms with Gasteiger partial charge in [-0.05, 0) is 19.9 Å². The molecule has 0 aromatic carbocycles. The molecule has 1 amide bonds. The van der Waals surface area contributed by atoms with Crippen LogP contribution in [0.2, 0.25) is 0 Å². The van der Waals surface area contributed by atoms with E-state index in [9.17, 15) is 4.79 Å². The predicted molar refractivity (Wildman–Crippen MR) is 65.0 cm³/mol. The van der Waals surface area contributed by atoms with Gasteiger partial charge in [0.1, 0.15) is 0 Å². The maximum absolute atomic E-state index is 11.3. The molecule has 4 N–H and O–H groups in total. The number of hydrogen-bond acceptors (Lipinski definition) is 4. The average Bonchev–Trinajstić information content (AvgIpc) is 2.19. The maximum atomic E-state index is 11.3. The topological polar surface area (TPSA) is 80.0 Å². The Morgan fingerprint density at radius 1 is 1.56 bits per heavy atom. The number of nitrogen functional groups attached to an aromatic ring is 1. The molecule has 5 nitrogen and oxygen atoms in total. The lowest BCUT2D eigenvalue weighted by atomic mass is 10.3. The summed E-state index contributed by atoms with van der Waals surface area (Å²) < 4.78 is 0. The van der Waals surface area contributed by atoms with Gasteiger partial charge in [-0.1, -0.05) is 0 Å². The molecule has 0 saturated carbocycles. The SMILES string of the molecule is CC(C)NC(=O)CCNc1ccncc1N. The Labute approximate surface area is 95.4 Å². The molecule has 0 bridgehead atoms. The van der Waals surface area contributed by atoms with Crippen molar-refractivity contribution in [2.24, 2.45) is 0 Å². The quantitative estimate of drug-likeness (QED) is 0.694.